The smallest absolute Gasteiger partial charge is 0.207 e. The van der Waals surface area contributed by atoms with Crippen LogP contribution in [0.15, 0.2) is 21.9 Å². The second kappa shape index (κ2) is 4.62. The van der Waals surface area contributed by atoms with E-state index in [1.807, 2.05) is 6.07 Å². The third kappa shape index (κ3) is 2.58. The van der Waals surface area contributed by atoms with Gasteiger partial charge < -0.3 is 0 Å². The molecule has 0 aromatic heterocycles. The van der Waals surface area contributed by atoms with E-state index in [9.17, 15) is 8.42 Å². The Hall–Kier alpha value is -0.410. The van der Waals surface area contributed by atoms with Gasteiger partial charge in [-0.3, -0.25) is 0 Å². The summed E-state index contributed by atoms with van der Waals surface area (Å²) in [6.07, 6.45) is 0. The maximum Gasteiger partial charge on any atom is 0.262 e. The number of nitriles is 1. The predicted octanol–water partition coefficient (Wildman–Crippen LogP) is 2.51. The highest BCUT2D eigenvalue weighted by molar-refractivity contribution is 8.14. The average Bonchev–Trinajstić information content (AvgIpc) is 2.15. The first-order valence-corrected chi connectivity index (χ1v) is 6.96. The van der Waals surface area contributed by atoms with Crippen molar-refractivity contribution in [2.45, 2.75) is 15.7 Å². The Morgan fingerprint density at radius 2 is 2.07 bits per heavy atom. The van der Waals surface area contributed by atoms with E-state index in [-0.39, 0.29) is 21.2 Å². The molecule has 0 bridgehead atoms. The summed E-state index contributed by atoms with van der Waals surface area (Å²) in [5.74, 6) is 0.110. The van der Waals surface area contributed by atoms with Gasteiger partial charge in [0.05, 0.1) is 10.5 Å². The fourth-order valence-electron chi connectivity index (χ4n) is 1.05. The SMILES string of the molecule is N#Cc1c(CCl)ccc(S(=O)(=O)Cl)c1S. The minimum Gasteiger partial charge on any atom is -0.207 e. The van der Waals surface area contributed by atoms with Gasteiger partial charge in [-0.1, -0.05) is 6.07 Å². The first-order chi connectivity index (χ1) is 6.91. The van der Waals surface area contributed by atoms with Crippen molar-refractivity contribution in [2.75, 3.05) is 0 Å². The summed E-state index contributed by atoms with van der Waals surface area (Å²) in [4.78, 5) is -0.149. The van der Waals surface area contributed by atoms with Crippen molar-refractivity contribution in [1.82, 2.24) is 0 Å². The maximum atomic E-state index is 11.1. The van der Waals surface area contributed by atoms with Gasteiger partial charge in [0.2, 0.25) is 0 Å². The molecule has 0 N–H and O–H groups in total. The minimum atomic E-state index is -3.89. The van der Waals surface area contributed by atoms with Gasteiger partial charge in [-0.25, -0.2) is 8.42 Å². The van der Waals surface area contributed by atoms with Gasteiger partial charge in [-0.15, -0.1) is 24.2 Å². The maximum absolute atomic E-state index is 11.1. The molecule has 1 rings (SSSR count). The van der Waals surface area contributed by atoms with Gasteiger partial charge in [-0.2, -0.15) is 5.26 Å². The molecule has 80 valence electrons. The summed E-state index contributed by atoms with van der Waals surface area (Å²) in [7, 11) is 1.28. The van der Waals surface area contributed by atoms with Gasteiger partial charge in [0.1, 0.15) is 6.07 Å². The van der Waals surface area contributed by atoms with Crippen LogP contribution in [-0.4, -0.2) is 8.42 Å². The molecule has 7 heteroatoms. The fraction of sp³-hybridized carbons (Fsp3) is 0.125. The van der Waals surface area contributed by atoms with E-state index < -0.39 is 9.05 Å². The zero-order valence-corrected chi connectivity index (χ0v) is 10.5. The molecule has 3 nitrogen and oxygen atoms in total. The Morgan fingerprint density at radius 1 is 1.47 bits per heavy atom. The summed E-state index contributed by atoms with van der Waals surface area (Å²) >= 11 is 9.55. The molecule has 0 aliphatic rings. The van der Waals surface area contributed by atoms with Crippen LogP contribution in [0.25, 0.3) is 0 Å². The molecular formula is C8H5Cl2NO2S2. The molecule has 0 aliphatic carbocycles. The van der Waals surface area contributed by atoms with Crippen molar-refractivity contribution >= 4 is 44.0 Å². The van der Waals surface area contributed by atoms with Crippen molar-refractivity contribution in [3.63, 3.8) is 0 Å². The lowest BCUT2D eigenvalue weighted by atomic mass is 10.1. The number of rotatable bonds is 2. The van der Waals surface area contributed by atoms with E-state index in [2.05, 4.69) is 12.6 Å². The second-order valence-corrected chi connectivity index (χ2v) is 5.88. The molecule has 0 unspecified atom stereocenters. The summed E-state index contributed by atoms with van der Waals surface area (Å²) in [5.41, 5.74) is 0.656. The Bertz CT molecular complexity index is 534. The number of nitrogens with zero attached hydrogens (tertiary/aromatic N) is 1. The fourth-order valence-corrected chi connectivity index (χ4v) is 3.01. The van der Waals surface area contributed by atoms with E-state index in [1.54, 1.807) is 0 Å². The molecule has 0 saturated carbocycles. The molecule has 0 atom stereocenters. The lowest BCUT2D eigenvalue weighted by Crippen LogP contribution is -1.97. The highest BCUT2D eigenvalue weighted by Crippen LogP contribution is 2.29. The minimum absolute atomic E-state index is 0.0330. The third-order valence-corrected chi connectivity index (χ3v) is 4.01. The Balaban J connectivity index is 3.59. The van der Waals surface area contributed by atoms with Crippen molar-refractivity contribution in [2.24, 2.45) is 0 Å². The Morgan fingerprint density at radius 3 is 2.47 bits per heavy atom. The number of alkyl halides is 1. The Labute approximate surface area is 102 Å². The summed E-state index contributed by atoms with van der Waals surface area (Å²) in [6, 6.07) is 4.57. The lowest BCUT2D eigenvalue weighted by Gasteiger charge is -2.06. The molecule has 0 heterocycles. The molecular weight excluding hydrogens is 277 g/mol. The largest absolute Gasteiger partial charge is 0.262 e. The zero-order valence-electron chi connectivity index (χ0n) is 7.24. The normalized spacial score (nSPS) is 11.1. The van der Waals surface area contributed by atoms with Gasteiger partial charge in [0.25, 0.3) is 9.05 Å². The quantitative estimate of drug-likeness (QED) is 0.515. The van der Waals surface area contributed by atoms with E-state index in [4.69, 9.17) is 27.5 Å². The summed E-state index contributed by atoms with van der Waals surface area (Å²) < 4.78 is 22.2. The van der Waals surface area contributed by atoms with Crippen LogP contribution in [0.2, 0.25) is 0 Å². The molecule has 1 aromatic carbocycles. The molecule has 0 radical (unpaired) electrons. The third-order valence-electron chi connectivity index (χ3n) is 1.75. The van der Waals surface area contributed by atoms with Crippen molar-refractivity contribution in [3.8, 4) is 6.07 Å². The zero-order chi connectivity index (χ0) is 11.6. The number of hydrogen-bond donors (Lipinski definition) is 1. The first kappa shape index (κ1) is 12.7. The molecule has 15 heavy (non-hydrogen) atoms. The topological polar surface area (TPSA) is 57.9 Å². The van der Waals surface area contributed by atoms with Crippen molar-refractivity contribution in [1.29, 1.82) is 5.26 Å². The van der Waals surface area contributed by atoms with Crippen LogP contribution in [0, 0.1) is 11.3 Å². The lowest BCUT2D eigenvalue weighted by molar-refractivity contribution is 0.607. The van der Waals surface area contributed by atoms with Crippen LogP contribution in [-0.2, 0) is 14.9 Å². The first-order valence-electron chi connectivity index (χ1n) is 3.67. The van der Waals surface area contributed by atoms with Crippen LogP contribution in [0.5, 0.6) is 0 Å². The number of hydrogen-bond acceptors (Lipinski definition) is 4. The molecule has 0 spiro atoms. The number of thiol groups is 1. The highest BCUT2D eigenvalue weighted by Gasteiger charge is 2.18. The van der Waals surface area contributed by atoms with Crippen LogP contribution < -0.4 is 0 Å². The summed E-state index contributed by atoms with van der Waals surface area (Å²) in [6.45, 7) is 0. The van der Waals surface area contributed by atoms with Gasteiger partial charge >= 0.3 is 0 Å². The predicted molar refractivity (Wildman–Crippen MR) is 61.0 cm³/mol. The molecule has 0 amide bonds. The van der Waals surface area contributed by atoms with Crippen LogP contribution in [0.1, 0.15) is 11.1 Å². The van der Waals surface area contributed by atoms with Crippen molar-refractivity contribution < 1.29 is 8.42 Å². The van der Waals surface area contributed by atoms with Crippen molar-refractivity contribution in [3.05, 3.63) is 23.3 Å². The number of benzene rings is 1. The molecule has 0 fully saturated rings. The van der Waals surface area contributed by atoms with E-state index in [0.29, 0.717) is 5.56 Å². The van der Waals surface area contributed by atoms with E-state index >= 15 is 0 Å². The summed E-state index contributed by atoms with van der Waals surface area (Å²) in [5, 5.41) is 8.83. The van der Waals surface area contributed by atoms with Gasteiger partial charge in [0, 0.05) is 21.5 Å². The highest BCUT2D eigenvalue weighted by atomic mass is 35.7. The monoisotopic (exact) mass is 281 g/mol. The van der Waals surface area contributed by atoms with E-state index in [1.165, 1.54) is 12.1 Å². The number of halogens is 2. The second-order valence-electron chi connectivity index (χ2n) is 2.63. The van der Waals surface area contributed by atoms with Crippen LogP contribution in [0.3, 0.4) is 0 Å². The molecule has 0 saturated heterocycles. The van der Waals surface area contributed by atoms with Gasteiger partial charge in [0.15, 0.2) is 0 Å². The Kier molecular flexibility index (Phi) is 3.90. The standard InChI is InChI=1S/C8H5Cl2NO2S2/c9-3-5-1-2-7(15(10,12)13)8(14)6(5)4-11/h1-2,14H,3H2. The molecule has 0 aliphatic heterocycles. The van der Waals surface area contributed by atoms with Crippen LogP contribution >= 0.6 is 34.9 Å². The molecule has 1 aromatic rings. The van der Waals surface area contributed by atoms with Gasteiger partial charge in [-0.05, 0) is 11.6 Å². The average molecular weight is 282 g/mol. The van der Waals surface area contributed by atoms with Crippen LogP contribution in [0.4, 0.5) is 0 Å². The van der Waals surface area contributed by atoms with E-state index in [0.717, 1.165) is 0 Å².